The number of nitrogen functional groups attached to an aromatic ring is 1. The molecule has 0 aromatic heterocycles. The molecule has 1 saturated heterocycles. The van der Waals surface area contributed by atoms with Gasteiger partial charge in [0.05, 0.1) is 5.56 Å². The van der Waals surface area contributed by atoms with Gasteiger partial charge in [0.25, 0.3) is 0 Å². The number of hydrogen-bond acceptors (Lipinski definition) is 2. The number of aryl methyl sites for hydroxylation is 1. The third-order valence-electron chi connectivity index (χ3n) is 3.75. The van der Waals surface area contributed by atoms with E-state index in [0.717, 1.165) is 56.5 Å². The molecule has 106 valence electrons. The fraction of sp³-hybridized carbons (Fsp3) is 0.571. The molecule has 0 unspecified atom stereocenters. The fourth-order valence-corrected chi connectivity index (χ4v) is 2.53. The maximum Gasteiger partial charge on any atom is 0.416 e. The molecule has 1 aliphatic rings. The second-order valence-electron chi connectivity index (χ2n) is 5.14. The van der Waals surface area contributed by atoms with Gasteiger partial charge < -0.3 is 11.1 Å². The average Bonchev–Trinajstić information content (AvgIpc) is 2.37. The Hall–Kier alpha value is -1.23. The van der Waals surface area contributed by atoms with Crippen molar-refractivity contribution in [1.82, 2.24) is 5.32 Å². The van der Waals surface area contributed by atoms with Gasteiger partial charge >= 0.3 is 6.18 Å². The molecule has 0 saturated carbocycles. The number of halogens is 3. The highest BCUT2D eigenvalue weighted by molar-refractivity contribution is 5.49. The lowest BCUT2D eigenvalue weighted by atomic mass is 9.91. The molecule has 2 nitrogen and oxygen atoms in total. The highest BCUT2D eigenvalue weighted by Gasteiger charge is 2.30. The predicted molar refractivity (Wildman–Crippen MR) is 69.8 cm³/mol. The summed E-state index contributed by atoms with van der Waals surface area (Å²) in [5.74, 6) is 0.656. The van der Waals surface area contributed by atoms with Crippen LogP contribution in [0.4, 0.5) is 18.9 Å². The Kier molecular flexibility index (Phi) is 4.34. The van der Waals surface area contributed by atoms with Crippen LogP contribution in [0, 0.1) is 5.92 Å². The van der Waals surface area contributed by atoms with Gasteiger partial charge in [-0.15, -0.1) is 0 Å². The third-order valence-corrected chi connectivity index (χ3v) is 3.75. The van der Waals surface area contributed by atoms with E-state index in [0.29, 0.717) is 5.92 Å². The first-order valence-corrected chi connectivity index (χ1v) is 6.63. The van der Waals surface area contributed by atoms with Crippen LogP contribution in [0.15, 0.2) is 18.2 Å². The predicted octanol–water partition coefficient (Wildman–Crippen LogP) is 3.22. The number of hydrogen-bond donors (Lipinski definition) is 2. The molecule has 0 radical (unpaired) electrons. The summed E-state index contributed by atoms with van der Waals surface area (Å²) in [5, 5.41) is 3.30. The van der Waals surface area contributed by atoms with E-state index in [1.165, 1.54) is 6.07 Å². The van der Waals surface area contributed by atoms with Gasteiger partial charge in [0.2, 0.25) is 0 Å². The minimum Gasteiger partial charge on any atom is -0.398 e. The number of nitrogens with one attached hydrogen (secondary N) is 1. The maximum atomic E-state index is 12.5. The summed E-state index contributed by atoms with van der Waals surface area (Å²) in [5.41, 5.74) is 6.13. The quantitative estimate of drug-likeness (QED) is 0.829. The first-order valence-electron chi connectivity index (χ1n) is 6.63. The van der Waals surface area contributed by atoms with Crippen molar-refractivity contribution < 1.29 is 13.2 Å². The Balaban J connectivity index is 1.97. The van der Waals surface area contributed by atoms with Gasteiger partial charge in [-0.25, -0.2) is 0 Å². The second-order valence-corrected chi connectivity index (χ2v) is 5.14. The Bertz CT molecular complexity index is 423. The summed E-state index contributed by atoms with van der Waals surface area (Å²) >= 11 is 0. The van der Waals surface area contributed by atoms with E-state index in [1.807, 2.05) is 0 Å². The van der Waals surface area contributed by atoms with Crippen LogP contribution < -0.4 is 11.1 Å². The topological polar surface area (TPSA) is 38.0 Å². The molecule has 3 N–H and O–H groups in total. The number of rotatable bonds is 3. The van der Waals surface area contributed by atoms with Crippen molar-refractivity contribution in [3.63, 3.8) is 0 Å². The van der Waals surface area contributed by atoms with E-state index >= 15 is 0 Å². The summed E-state index contributed by atoms with van der Waals surface area (Å²) in [4.78, 5) is 0. The van der Waals surface area contributed by atoms with Crippen molar-refractivity contribution in [3.8, 4) is 0 Å². The van der Waals surface area contributed by atoms with E-state index in [-0.39, 0.29) is 5.69 Å². The van der Waals surface area contributed by atoms with Crippen LogP contribution in [0.1, 0.15) is 30.4 Å². The Morgan fingerprint density at radius 3 is 2.47 bits per heavy atom. The van der Waals surface area contributed by atoms with Gasteiger partial charge in [-0.05, 0) is 62.4 Å². The summed E-state index contributed by atoms with van der Waals surface area (Å²) < 4.78 is 37.5. The van der Waals surface area contributed by atoms with Crippen molar-refractivity contribution in [3.05, 3.63) is 29.3 Å². The van der Waals surface area contributed by atoms with E-state index in [1.54, 1.807) is 0 Å². The lowest BCUT2D eigenvalue weighted by Crippen LogP contribution is -2.27. The maximum absolute atomic E-state index is 12.5. The fourth-order valence-electron chi connectivity index (χ4n) is 2.53. The van der Waals surface area contributed by atoms with Crippen molar-refractivity contribution in [1.29, 1.82) is 0 Å². The van der Waals surface area contributed by atoms with E-state index in [4.69, 9.17) is 5.73 Å². The van der Waals surface area contributed by atoms with Gasteiger partial charge in [0, 0.05) is 5.69 Å². The van der Waals surface area contributed by atoms with Gasteiger partial charge in [0.15, 0.2) is 0 Å². The van der Waals surface area contributed by atoms with E-state index < -0.39 is 11.7 Å². The molecule has 1 heterocycles. The van der Waals surface area contributed by atoms with Crippen LogP contribution in [0.25, 0.3) is 0 Å². The summed E-state index contributed by atoms with van der Waals surface area (Å²) in [6, 6.07) is 3.67. The average molecular weight is 272 g/mol. The minimum absolute atomic E-state index is 0.253. The lowest BCUT2D eigenvalue weighted by molar-refractivity contribution is -0.137. The zero-order valence-corrected chi connectivity index (χ0v) is 10.8. The molecule has 1 aromatic rings. The zero-order valence-electron chi connectivity index (χ0n) is 10.8. The Labute approximate surface area is 111 Å². The van der Waals surface area contributed by atoms with Crippen LogP contribution in [-0.4, -0.2) is 13.1 Å². The highest BCUT2D eigenvalue weighted by atomic mass is 19.4. The van der Waals surface area contributed by atoms with Gasteiger partial charge in [-0.3, -0.25) is 0 Å². The smallest absolute Gasteiger partial charge is 0.398 e. The first kappa shape index (κ1) is 14.2. The molecule has 0 aliphatic carbocycles. The Morgan fingerprint density at radius 1 is 1.21 bits per heavy atom. The largest absolute Gasteiger partial charge is 0.416 e. The zero-order chi connectivity index (χ0) is 13.9. The van der Waals surface area contributed by atoms with Crippen LogP contribution in [0.2, 0.25) is 0 Å². The molecule has 1 aromatic carbocycles. The van der Waals surface area contributed by atoms with Gasteiger partial charge in [-0.2, -0.15) is 13.2 Å². The van der Waals surface area contributed by atoms with Gasteiger partial charge in [0.1, 0.15) is 0 Å². The molecular weight excluding hydrogens is 253 g/mol. The number of anilines is 1. The van der Waals surface area contributed by atoms with Crippen LogP contribution in [-0.2, 0) is 12.6 Å². The highest BCUT2D eigenvalue weighted by Crippen LogP contribution is 2.32. The number of benzene rings is 1. The SMILES string of the molecule is Nc1cc(C(F)(F)F)ccc1CCC1CCNCC1. The molecule has 0 atom stereocenters. The summed E-state index contributed by atoms with van der Waals surface area (Å²) in [6.45, 7) is 2.07. The second kappa shape index (κ2) is 5.82. The number of alkyl halides is 3. The van der Waals surface area contributed by atoms with Gasteiger partial charge in [-0.1, -0.05) is 6.07 Å². The molecule has 5 heteroatoms. The van der Waals surface area contributed by atoms with Crippen molar-refractivity contribution >= 4 is 5.69 Å². The third kappa shape index (κ3) is 3.86. The number of nitrogens with two attached hydrogens (primary N) is 1. The van der Waals surface area contributed by atoms with E-state index in [2.05, 4.69) is 5.32 Å². The van der Waals surface area contributed by atoms with Crippen molar-refractivity contribution in [2.75, 3.05) is 18.8 Å². The molecule has 1 fully saturated rings. The van der Waals surface area contributed by atoms with Crippen LogP contribution in [0.3, 0.4) is 0 Å². The molecule has 1 aliphatic heterocycles. The molecule has 19 heavy (non-hydrogen) atoms. The first-order chi connectivity index (χ1) is 8.97. The molecule has 0 spiro atoms. The minimum atomic E-state index is -4.32. The van der Waals surface area contributed by atoms with E-state index in [9.17, 15) is 13.2 Å². The summed E-state index contributed by atoms with van der Waals surface area (Å²) in [6.07, 6.45) is -0.283. The standard InChI is InChI=1S/C14H19F3N2/c15-14(16,17)12-4-3-11(13(18)9-12)2-1-10-5-7-19-8-6-10/h3-4,9-10,19H,1-2,5-8,18H2. The lowest BCUT2D eigenvalue weighted by Gasteiger charge is -2.22. The molecule has 0 amide bonds. The van der Waals surface area contributed by atoms with Crippen LogP contribution >= 0.6 is 0 Å². The Morgan fingerprint density at radius 2 is 1.89 bits per heavy atom. The normalized spacial score (nSPS) is 17.6. The monoisotopic (exact) mass is 272 g/mol. The van der Waals surface area contributed by atoms with Crippen molar-refractivity contribution in [2.45, 2.75) is 31.9 Å². The molecular formula is C14H19F3N2. The molecule has 2 rings (SSSR count). The summed E-state index contributed by atoms with van der Waals surface area (Å²) in [7, 11) is 0. The number of piperidine rings is 1. The van der Waals surface area contributed by atoms with Crippen LogP contribution in [0.5, 0.6) is 0 Å². The van der Waals surface area contributed by atoms with Crippen molar-refractivity contribution in [2.24, 2.45) is 5.92 Å². The molecule has 0 bridgehead atoms.